The number of hydrogen-bond donors (Lipinski definition) is 0. The maximum atomic E-state index is 11.2. The lowest BCUT2D eigenvalue weighted by molar-refractivity contribution is -0.122. The molecule has 0 bridgehead atoms. The molecule has 0 atom stereocenters. The quantitative estimate of drug-likeness (QED) is 0.436. The zero-order valence-electron chi connectivity index (χ0n) is 8.47. The minimum absolute atomic E-state index is 0.0843. The predicted octanol–water partition coefficient (Wildman–Crippen LogP) is 2.26. The zero-order valence-corrected chi connectivity index (χ0v) is 8.47. The highest BCUT2D eigenvalue weighted by atomic mass is 16.1. The van der Waals surface area contributed by atoms with Crippen LogP contribution in [0.25, 0.3) is 0 Å². The number of carbonyl (C=O) groups is 2. The molecule has 1 rings (SSSR count). The van der Waals surface area contributed by atoms with E-state index in [1.807, 2.05) is 0 Å². The van der Waals surface area contributed by atoms with Gasteiger partial charge in [0.15, 0.2) is 0 Å². The molecule has 0 spiro atoms. The lowest BCUT2D eigenvalue weighted by atomic mass is 10.0. The van der Waals surface area contributed by atoms with Crippen LogP contribution in [-0.4, -0.2) is 11.6 Å². The number of rotatable bonds is 0. The summed E-state index contributed by atoms with van der Waals surface area (Å²) < 4.78 is 0. The van der Waals surface area contributed by atoms with E-state index in [1.54, 1.807) is 0 Å². The van der Waals surface area contributed by atoms with Gasteiger partial charge in [0.05, 0.1) is 0 Å². The van der Waals surface area contributed by atoms with Crippen LogP contribution in [0.2, 0.25) is 0 Å². The second kappa shape index (κ2) is 6.37. The number of carbonyl (C=O) groups excluding carboxylic acids is 2. The SMILES string of the molecule is O=C1C#CCCCCCCC(=O)CC1. The second-order valence-electron chi connectivity index (χ2n) is 3.68. The summed E-state index contributed by atoms with van der Waals surface area (Å²) in [6, 6.07) is 0. The van der Waals surface area contributed by atoms with Crippen LogP contribution in [0.1, 0.15) is 51.4 Å². The molecule has 0 aliphatic heterocycles. The Labute approximate surface area is 85.1 Å². The highest BCUT2D eigenvalue weighted by molar-refractivity contribution is 5.97. The summed E-state index contributed by atoms with van der Waals surface area (Å²) in [5.74, 6) is 5.56. The van der Waals surface area contributed by atoms with Gasteiger partial charge in [-0.1, -0.05) is 18.8 Å². The van der Waals surface area contributed by atoms with Gasteiger partial charge in [0.2, 0.25) is 5.78 Å². The summed E-state index contributed by atoms with van der Waals surface area (Å²) in [6.07, 6.45) is 6.41. The number of hydrogen-bond acceptors (Lipinski definition) is 2. The molecule has 0 saturated carbocycles. The molecule has 0 aromatic heterocycles. The summed E-state index contributed by atoms with van der Waals surface area (Å²) in [7, 11) is 0. The monoisotopic (exact) mass is 192 g/mol. The number of Topliss-reactive ketones (excluding diaryl/α,β-unsaturated/α-hetero) is 2. The fraction of sp³-hybridized carbons (Fsp3) is 0.667. The Morgan fingerprint density at radius 3 is 2.50 bits per heavy atom. The Hall–Kier alpha value is -1.10. The maximum Gasteiger partial charge on any atom is 0.205 e. The van der Waals surface area contributed by atoms with Crippen LogP contribution in [0, 0.1) is 11.8 Å². The summed E-state index contributed by atoms with van der Waals surface area (Å²) in [5, 5.41) is 0. The molecule has 2 heteroatoms. The van der Waals surface area contributed by atoms with Gasteiger partial charge in [0.25, 0.3) is 0 Å². The average molecular weight is 192 g/mol. The van der Waals surface area contributed by atoms with Crippen molar-refractivity contribution in [3.05, 3.63) is 0 Å². The van der Waals surface area contributed by atoms with Crippen LogP contribution in [0.15, 0.2) is 0 Å². The molecule has 2 nitrogen and oxygen atoms in total. The Balaban J connectivity index is 2.44. The van der Waals surface area contributed by atoms with Gasteiger partial charge in [0.1, 0.15) is 5.78 Å². The molecule has 76 valence electrons. The first-order valence-electron chi connectivity index (χ1n) is 5.32. The first-order chi connectivity index (χ1) is 6.79. The molecular weight excluding hydrogens is 176 g/mol. The molecule has 0 N–H and O–H groups in total. The standard InChI is InChI=1S/C12H16O2/c13-11-7-5-3-1-2-4-6-8-12(14)10-9-11/h1-5,7,9-10H2. The largest absolute Gasteiger partial charge is 0.300 e. The van der Waals surface area contributed by atoms with Crippen molar-refractivity contribution in [2.75, 3.05) is 0 Å². The van der Waals surface area contributed by atoms with Crippen LogP contribution in [-0.2, 0) is 9.59 Å². The normalized spacial score (nSPS) is 20.3. The van der Waals surface area contributed by atoms with Crippen molar-refractivity contribution in [3.8, 4) is 11.8 Å². The van der Waals surface area contributed by atoms with E-state index in [9.17, 15) is 9.59 Å². The minimum Gasteiger partial charge on any atom is -0.300 e. The van der Waals surface area contributed by atoms with E-state index < -0.39 is 0 Å². The van der Waals surface area contributed by atoms with Gasteiger partial charge in [-0.05, 0) is 18.8 Å². The first-order valence-corrected chi connectivity index (χ1v) is 5.32. The zero-order chi connectivity index (χ0) is 10.2. The van der Waals surface area contributed by atoms with Gasteiger partial charge < -0.3 is 0 Å². The first kappa shape index (κ1) is 11.0. The van der Waals surface area contributed by atoms with E-state index in [4.69, 9.17) is 0 Å². The van der Waals surface area contributed by atoms with Gasteiger partial charge in [-0.2, -0.15) is 0 Å². The van der Waals surface area contributed by atoms with Gasteiger partial charge in [-0.3, -0.25) is 9.59 Å². The molecule has 0 aromatic rings. The summed E-state index contributed by atoms with van der Waals surface area (Å²) >= 11 is 0. The molecule has 0 fully saturated rings. The molecule has 0 unspecified atom stereocenters. The van der Waals surface area contributed by atoms with Gasteiger partial charge in [-0.25, -0.2) is 0 Å². The van der Waals surface area contributed by atoms with Crippen LogP contribution in [0.5, 0.6) is 0 Å². The van der Waals surface area contributed by atoms with E-state index in [2.05, 4.69) is 11.8 Å². The maximum absolute atomic E-state index is 11.2. The lowest BCUT2D eigenvalue weighted by Gasteiger charge is -2.00. The average Bonchev–Trinajstić information content (AvgIpc) is 2.17. The van der Waals surface area contributed by atoms with Gasteiger partial charge in [-0.15, -0.1) is 0 Å². The molecule has 1 aliphatic carbocycles. The number of ketones is 2. The third-order valence-corrected chi connectivity index (χ3v) is 2.37. The molecule has 0 radical (unpaired) electrons. The Morgan fingerprint density at radius 1 is 0.857 bits per heavy atom. The van der Waals surface area contributed by atoms with Crippen LogP contribution in [0.3, 0.4) is 0 Å². The van der Waals surface area contributed by atoms with Crippen molar-refractivity contribution in [1.82, 2.24) is 0 Å². The van der Waals surface area contributed by atoms with E-state index in [0.717, 1.165) is 32.1 Å². The van der Waals surface area contributed by atoms with Crippen molar-refractivity contribution in [3.63, 3.8) is 0 Å². The minimum atomic E-state index is -0.0843. The molecule has 1 aliphatic rings. The summed E-state index contributed by atoms with van der Waals surface area (Å²) in [5.41, 5.74) is 0. The van der Waals surface area contributed by atoms with Crippen molar-refractivity contribution < 1.29 is 9.59 Å². The fourth-order valence-corrected chi connectivity index (χ4v) is 1.49. The van der Waals surface area contributed by atoms with E-state index in [1.165, 1.54) is 0 Å². The summed E-state index contributed by atoms with van der Waals surface area (Å²) in [6.45, 7) is 0. The molecule has 0 heterocycles. The van der Waals surface area contributed by atoms with Gasteiger partial charge in [0, 0.05) is 25.7 Å². The van der Waals surface area contributed by atoms with Crippen LogP contribution >= 0.6 is 0 Å². The smallest absolute Gasteiger partial charge is 0.205 e. The predicted molar refractivity (Wildman–Crippen MR) is 54.7 cm³/mol. The van der Waals surface area contributed by atoms with Crippen molar-refractivity contribution in [2.45, 2.75) is 51.4 Å². The molecule has 14 heavy (non-hydrogen) atoms. The van der Waals surface area contributed by atoms with E-state index >= 15 is 0 Å². The van der Waals surface area contributed by atoms with E-state index in [0.29, 0.717) is 19.3 Å². The Kier molecular flexibility index (Phi) is 4.99. The highest BCUT2D eigenvalue weighted by Gasteiger charge is 2.05. The highest BCUT2D eigenvalue weighted by Crippen LogP contribution is 2.08. The van der Waals surface area contributed by atoms with E-state index in [-0.39, 0.29) is 11.6 Å². The Morgan fingerprint density at radius 2 is 1.64 bits per heavy atom. The fourth-order valence-electron chi connectivity index (χ4n) is 1.49. The Bertz CT molecular complexity index is 268. The lowest BCUT2D eigenvalue weighted by Crippen LogP contribution is -2.03. The van der Waals surface area contributed by atoms with Crippen molar-refractivity contribution in [1.29, 1.82) is 0 Å². The molecule has 0 saturated heterocycles. The topological polar surface area (TPSA) is 34.1 Å². The third kappa shape index (κ3) is 4.81. The van der Waals surface area contributed by atoms with Crippen molar-refractivity contribution in [2.24, 2.45) is 0 Å². The second-order valence-corrected chi connectivity index (χ2v) is 3.68. The molecular formula is C12H16O2. The van der Waals surface area contributed by atoms with Gasteiger partial charge >= 0.3 is 0 Å². The van der Waals surface area contributed by atoms with Crippen LogP contribution in [0.4, 0.5) is 0 Å². The summed E-state index contributed by atoms with van der Waals surface area (Å²) in [4.78, 5) is 22.4. The molecule has 0 amide bonds. The molecule has 0 aromatic carbocycles. The van der Waals surface area contributed by atoms with Crippen LogP contribution < -0.4 is 0 Å². The van der Waals surface area contributed by atoms with Crippen molar-refractivity contribution >= 4 is 11.6 Å². The third-order valence-electron chi connectivity index (χ3n) is 2.37.